The van der Waals surface area contributed by atoms with Crippen LogP contribution in [0.3, 0.4) is 0 Å². The standard InChI is InChI=1S/C6H6Cl2S/c7-5-1-3-6(9-8)4-2-5/h1,3H,2,4H2. The molecule has 0 saturated heterocycles. The van der Waals surface area contributed by atoms with E-state index in [0.717, 1.165) is 17.9 Å². The summed E-state index contributed by atoms with van der Waals surface area (Å²) in [7, 11) is 6.78. The zero-order chi connectivity index (χ0) is 6.69. The van der Waals surface area contributed by atoms with Crippen LogP contribution >= 0.6 is 33.3 Å². The van der Waals surface area contributed by atoms with E-state index in [-0.39, 0.29) is 0 Å². The minimum Gasteiger partial charge on any atom is -0.0891 e. The average Bonchev–Trinajstić information content (AvgIpc) is 1.90. The molecule has 1 aliphatic carbocycles. The molecule has 1 rings (SSSR count). The van der Waals surface area contributed by atoms with Crippen LogP contribution in [0.1, 0.15) is 12.8 Å². The molecule has 50 valence electrons. The Bertz CT molecular complexity index is 160. The second-order valence-electron chi connectivity index (χ2n) is 1.82. The molecule has 0 heterocycles. The summed E-state index contributed by atoms with van der Waals surface area (Å²) in [5, 5.41) is 0.921. The van der Waals surface area contributed by atoms with E-state index in [1.807, 2.05) is 12.2 Å². The van der Waals surface area contributed by atoms with Gasteiger partial charge in [0.15, 0.2) is 0 Å². The van der Waals surface area contributed by atoms with Crippen LogP contribution in [0.15, 0.2) is 22.1 Å². The van der Waals surface area contributed by atoms with E-state index in [1.54, 1.807) is 0 Å². The Hall–Kier alpha value is 0.410. The first kappa shape index (κ1) is 7.52. The number of hydrogen-bond donors (Lipinski definition) is 0. The Kier molecular flexibility index (Phi) is 2.96. The summed E-state index contributed by atoms with van der Waals surface area (Å²) in [6.45, 7) is 0. The quantitative estimate of drug-likeness (QED) is 0.594. The van der Waals surface area contributed by atoms with Crippen LogP contribution in [-0.2, 0) is 0 Å². The van der Waals surface area contributed by atoms with Crippen LogP contribution in [0.5, 0.6) is 0 Å². The molecule has 0 fully saturated rings. The maximum absolute atomic E-state index is 5.70. The predicted molar refractivity (Wildman–Crippen MR) is 44.7 cm³/mol. The van der Waals surface area contributed by atoms with Crippen LogP contribution in [0.25, 0.3) is 0 Å². The Morgan fingerprint density at radius 1 is 1.33 bits per heavy atom. The van der Waals surface area contributed by atoms with Crippen molar-refractivity contribution in [2.45, 2.75) is 12.8 Å². The van der Waals surface area contributed by atoms with Gasteiger partial charge in [0.1, 0.15) is 0 Å². The third-order valence-corrected chi connectivity index (χ3v) is 2.61. The summed E-state index contributed by atoms with van der Waals surface area (Å²) >= 11 is 5.70. The van der Waals surface area contributed by atoms with Gasteiger partial charge in [0.25, 0.3) is 0 Å². The lowest BCUT2D eigenvalue weighted by Gasteiger charge is -2.05. The molecular weight excluding hydrogens is 175 g/mol. The molecule has 0 saturated carbocycles. The van der Waals surface area contributed by atoms with E-state index in [1.165, 1.54) is 15.9 Å². The van der Waals surface area contributed by atoms with E-state index in [0.29, 0.717) is 0 Å². The van der Waals surface area contributed by atoms with Gasteiger partial charge < -0.3 is 0 Å². The fraction of sp³-hybridized carbons (Fsp3) is 0.333. The fourth-order valence-electron chi connectivity index (χ4n) is 0.657. The van der Waals surface area contributed by atoms with Crippen LogP contribution in [0.2, 0.25) is 0 Å². The summed E-state index contributed by atoms with van der Waals surface area (Å²) in [4.78, 5) is 1.20. The normalized spacial score (nSPS) is 18.9. The monoisotopic (exact) mass is 180 g/mol. The van der Waals surface area contributed by atoms with Gasteiger partial charge in [0.05, 0.1) is 0 Å². The van der Waals surface area contributed by atoms with Crippen LogP contribution in [-0.4, -0.2) is 0 Å². The molecule has 0 bridgehead atoms. The Morgan fingerprint density at radius 3 is 2.56 bits per heavy atom. The predicted octanol–water partition coefficient (Wildman–Crippen LogP) is 3.67. The highest BCUT2D eigenvalue weighted by atomic mass is 35.7. The van der Waals surface area contributed by atoms with E-state index in [2.05, 4.69) is 0 Å². The van der Waals surface area contributed by atoms with Gasteiger partial charge >= 0.3 is 0 Å². The molecule has 0 amide bonds. The van der Waals surface area contributed by atoms with Gasteiger partial charge in [-0.2, -0.15) is 0 Å². The maximum Gasteiger partial charge on any atom is 0.0184 e. The van der Waals surface area contributed by atoms with Crippen LogP contribution < -0.4 is 0 Å². The van der Waals surface area contributed by atoms with Crippen molar-refractivity contribution in [3.8, 4) is 0 Å². The van der Waals surface area contributed by atoms with E-state index >= 15 is 0 Å². The molecule has 0 aromatic rings. The Labute approximate surface area is 68.4 Å². The fourth-order valence-corrected chi connectivity index (χ4v) is 1.50. The number of rotatable bonds is 1. The summed E-state index contributed by atoms with van der Waals surface area (Å²) in [5.41, 5.74) is 0. The van der Waals surface area contributed by atoms with E-state index in [9.17, 15) is 0 Å². The molecule has 0 nitrogen and oxygen atoms in total. The second kappa shape index (κ2) is 3.55. The Morgan fingerprint density at radius 2 is 2.11 bits per heavy atom. The molecule has 9 heavy (non-hydrogen) atoms. The first-order valence-corrected chi connectivity index (χ1v) is 4.69. The maximum atomic E-state index is 5.70. The van der Waals surface area contributed by atoms with Crippen molar-refractivity contribution in [3.05, 3.63) is 22.1 Å². The zero-order valence-electron chi connectivity index (χ0n) is 4.73. The second-order valence-corrected chi connectivity index (χ2v) is 3.45. The van der Waals surface area contributed by atoms with Gasteiger partial charge in [0, 0.05) is 9.94 Å². The number of hydrogen-bond acceptors (Lipinski definition) is 1. The SMILES string of the molecule is ClSC1=CC=C(Cl)CC1. The summed E-state index contributed by atoms with van der Waals surface area (Å²) in [6, 6.07) is 0. The molecule has 0 aliphatic heterocycles. The third-order valence-electron chi connectivity index (χ3n) is 1.16. The lowest BCUT2D eigenvalue weighted by atomic mass is 10.2. The van der Waals surface area contributed by atoms with Gasteiger partial charge in [-0.25, -0.2) is 0 Å². The van der Waals surface area contributed by atoms with Crippen molar-refractivity contribution in [3.63, 3.8) is 0 Å². The van der Waals surface area contributed by atoms with Crippen molar-refractivity contribution in [1.82, 2.24) is 0 Å². The summed E-state index contributed by atoms with van der Waals surface area (Å²) in [5.74, 6) is 0. The molecule has 0 radical (unpaired) electrons. The summed E-state index contributed by atoms with van der Waals surface area (Å²) < 4.78 is 0. The first-order valence-electron chi connectivity index (χ1n) is 2.67. The van der Waals surface area contributed by atoms with Crippen molar-refractivity contribution >= 4 is 33.3 Å². The topological polar surface area (TPSA) is 0 Å². The highest BCUT2D eigenvalue weighted by Crippen LogP contribution is 2.30. The molecule has 3 heteroatoms. The van der Waals surface area contributed by atoms with Gasteiger partial charge in [-0.1, -0.05) is 17.7 Å². The largest absolute Gasteiger partial charge is 0.0891 e. The molecular formula is C6H6Cl2S. The molecule has 0 unspecified atom stereocenters. The number of halogens is 2. The van der Waals surface area contributed by atoms with Gasteiger partial charge in [-0.3, -0.25) is 0 Å². The highest BCUT2D eigenvalue weighted by Gasteiger charge is 2.02. The average molecular weight is 181 g/mol. The van der Waals surface area contributed by atoms with Gasteiger partial charge in [0.2, 0.25) is 0 Å². The minimum atomic E-state index is 0.921. The molecule has 0 N–H and O–H groups in total. The molecule has 0 aromatic carbocycles. The zero-order valence-corrected chi connectivity index (χ0v) is 7.06. The highest BCUT2D eigenvalue weighted by molar-refractivity contribution is 8.24. The summed E-state index contributed by atoms with van der Waals surface area (Å²) in [6.07, 6.45) is 5.79. The lowest BCUT2D eigenvalue weighted by molar-refractivity contribution is 1.00. The van der Waals surface area contributed by atoms with Crippen molar-refractivity contribution in [2.75, 3.05) is 0 Å². The van der Waals surface area contributed by atoms with Crippen molar-refractivity contribution in [1.29, 1.82) is 0 Å². The van der Waals surface area contributed by atoms with Gasteiger partial charge in [-0.05, 0) is 40.6 Å². The van der Waals surface area contributed by atoms with Crippen LogP contribution in [0, 0.1) is 0 Å². The van der Waals surface area contributed by atoms with Crippen molar-refractivity contribution < 1.29 is 0 Å². The van der Waals surface area contributed by atoms with E-state index in [4.69, 9.17) is 22.3 Å². The Balaban J connectivity index is 2.59. The third kappa shape index (κ3) is 2.24. The van der Waals surface area contributed by atoms with Gasteiger partial charge in [-0.15, -0.1) is 0 Å². The molecule has 0 atom stereocenters. The molecule has 1 aliphatic rings. The molecule has 0 spiro atoms. The minimum absolute atomic E-state index is 0.921. The lowest BCUT2D eigenvalue weighted by Crippen LogP contribution is -1.83. The van der Waals surface area contributed by atoms with Crippen LogP contribution in [0.4, 0.5) is 0 Å². The smallest absolute Gasteiger partial charge is 0.0184 e. The van der Waals surface area contributed by atoms with E-state index < -0.39 is 0 Å². The number of allylic oxidation sites excluding steroid dienone is 4. The first-order chi connectivity index (χ1) is 4.33. The molecule has 0 aromatic heterocycles. The van der Waals surface area contributed by atoms with Crippen molar-refractivity contribution in [2.24, 2.45) is 0 Å².